The van der Waals surface area contributed by atoms with E-state index in [1.54, 1.807) is 4.90 Å². The van der Waals surface area contributed by atoms with Crippen LogP contribution >= 0.6 is 15.9 Å². The van der Waals surface area contributed by atoms with Crippen LogP contribution in [0.4, 0.5) is 5.69 Å². The van der Waals surface area contributed by atoms with E-state index < -0.39 is 0 Å². The molecule has 1 aromatic rings. The van der Waals surface area contributed by atoms with Gasteiger partial charge in [0, 0.05) is 49.3 Å². The van der Waals surface area contributed by atoms with Crippen LogP contribution in [-0.4, -0.2) is 62.7 Å². The highest BCUT2D eigenvalue weighted by molar-refractivity contribution is 9.10. The Kier molecular flexibility index (Phi) is 5.86. The van der Waals surface area contributed by atoms with E-state index in [9.17, 15) is 9.59 Å². The number of benzene rings is 1. The third kappa shape index (κ3) is 4.34. The summed E-state index contributed by atoms with van der Waals surface area (Å²) in [5, 5.41) is 2.97. The van der Waals surface area contributed by atoms with Crippen molar-refractivity contribution in [1.82, 2.24) is 10.2 Å². The summed E-state index contributed by atoms with van der Waals surface area (Å²) in [5.74, 6) is -0.309. The van der Waals surface area contributed by atoms with E-state index in [2.05, 4.69) is 26.1 Å². The number of carbonyl (C=O) groups excluding carboxylic acids is 2. The number of anilines is 1. The number of ether oxygens (including phenoxy) is 1. The average Bonchev–Trinajstić information content (AvgIpc) is 2.98. The molecular formula is C17H22BrN3O3. The summed E-state index contributed by atoms with van der Waals surface area (Å²) in [6.45, 7) is 5.21. The van der Waals surface area contributed by atoms with Crippen molar-refractivity contribution in [2.75, 3.05) is 50.8 Å². The standard InChI is InChI=1S/C17H22BrN3O3/c18-14-2-1-3-15(11-14)21-12-13(10-16(21)22)17(23)19-4-5-20-6-8-24-9-7-20/h1-3,11,13H,4-10,12H2,(H,19,23). The molecule has 0 bridgehead atoms. The topological polar surface area (TPSA) is 61.9 Å². The molecule has 2 heterocycles. The van der Waals surface area contributed by atoms with Crippen molar-refractivity contribution < 1.29 is 14.3 Å². The van der Waals surface area contributed by atoms with Crippen LogP contribution in [0.15, 0.2) is 28.7 Å². The van der Waals surface area contributed by atoms with Gasteiger partial charge < -0.3 is 15.0 Å². The number of nitrogens with zero attached hydrogens (tertiary/aromatic N) is 2. The molecule has 0 spiro atoms. The number of halogens is 1. The largest absolute Gasteiger partial charge is 0.379 e. The molecule has 24 heavy (non-hydrogen) atoms. The average molecular weight is 396 g/mol. The SMILES string of the molecule is O=C(NCCN1CCOCC1)C1CC(=O)N(c2cccc(Br)c2)C1. The van der Waals surface area contributed by atoms with Crippen molar-refractivity contribution in [2.24, 2.45) is 5.92 Å². The Hall–Kier alpha value is -1.44. The van der Waals surface area contributed by atoms with Gasteiger partial charge in [0.1, 0.15) is 0 Å². The van der Waals surface area contributed by atoms with Crippen LogP contribution in [0.1, 0.15) is 6.42 Å². The lowest BCUT2D eigenvalue weighted by atomic mass is 10.1. The van der Waals surface area contributed by atoms with Crippen molar-refractivity contribution >= 4 is 33.4 Å². The highest BCUT2D eigenvalue weighted by Crippen LogP contribution is 2.27. The second kappa shape index (κ2) is 8.09. The molecule has 2 amide bonds. The van der Waals surface area contributed by atoms with Gasteiger partial charge in [-0.3, -0.25) is 14.5 Å². The van der Waals surface area contributed by atoms with Crippen LogP contribution in [0.2, 0.25) is 0 Å². The molecule has 2 saturated heterocycles. The zero-order valence-corrected chi connectivity index (χ0v) is 15.1. The Bertz CT molecular complexity index is 604. The Morgan fingerprint density at radius 2 is 2.12 bits per heavy atom. The molecule has 1 aromatic carbocycles. The van der Waals surface area contributed by atoms with Gasteiger partial charge in [0.05, 0.1) is 19.1 Å². The van der Waals surface area contributed by atoms with Gasteiger partial charge >= 0.3 is 0 Å². The number of nitrogens with one attached hydrogen (secondary N) is 1. The van der Waals surface area contributed by atoms with E-state index in [1.807, 2.05) is 24.3 Å². The minimum absolute atomic E-state index is 0.00132. The Morgan fingerprint density at radius 3 is 2.88 bits per heavy atom. The molecule has 1 atom stereocenters. The fourth-order valence-electron chi connectivity index (χ4n) is 3.08. The highest BCUT2D eigenvalue weighted by Gasteiger charge is 2.35. The van der Waals surface area contributed by atoms with Gasteiger partial charge in [-0.25, -0.2) is 0 Å². The van der Waals surface area contributed by atoms with Gasteiger partial charge in [-0.1, -0.05) is 22.0 Å². The minimum atomic E-state index is -0.277. The summed E-state index contributed by atoms with van der Waals surface area (Å²) in [4.78, 5) is 28.5. The second-order valence-electron chi connectivity index (χ2n) is 6.13. The molecular weight excluding hydrogens is 374 g/mol. The number of hydrogen-bond donors (Lipinski definition) is 1. The molecule has 0 radical (unpaired) electrons. The molecule has 1 N–H and O–H groups in total. The molecule has 2 fully saturated rings. The second-order valence-corrected chi connectivity index (χ2v) is 7.05. The predicted octanol–water partition coefficient (Wildman–Crippen LogP) is 1.25. The number of carbonyl (C=O) groups is 2. The molecule has 7 heteroatoms. The fraction of sp³-hybridized carbons (Fsp3) is 0.529. The Labute approximate surface area is 150 Å². The summed E-state index contributed by atoms with van der Waals surface area (Å²) in [5.41, 5.74) is 0.831. The number of amides is 2. The van der Waals surface area contributed by atoms with Gasteiger partial charge in [0.25, 0.3) is 0 Å². The third-order valence-corrected chi connectivity index (χ3v) is 4.94. The van der Waals surface area contributed by atoms with E-state index >= 15 is 0 Å². The maximum absolute atomic E-state index is 12.3. The zero-order chi connectivity index (χ0) is 16.9. The number of rotatable bonds is 5. The van der Waals surface area contributed by atoms with Gasteiger partial charge in [-0.2, -0.15) is 0 Å². The maximum atomic E-state index is 12.3. The summed E-state index contributed by atoms with van der Waals surface area (Å²) in [6.07, 6.45) is 0.274. The lowest BCUT2D eigenvalue weighted by molar-refractivity contribution is -0.126. The van der Waals surface area contributed by atoms with Crippen LogP contribution < -0.4 is 10.2 Å². The van der Waals surface area contributed by atoms with E-state index in [-0.39, 0.29) is 24.2 Å². The number of hydrogen-bond acceptors (Lipinski definition) is 4. The molecule has 0 aliphatic carbocycles. The lowest BCUT2D eigenvalue weighted by Crippen LogP contribution is -2.42. The van der Waals surface area contributed by atoms with Gasteiger partial charge in [-0.05, 0) is 18.2 Å². The normalized spacial score (nSPS) is 22.0. The number of morpholine rings is 1. The predicted molar refractivity (Wildman–Crippen MR) is 94.9 cm³/mol. The highest BCUT2D eigenvalue weighted by atomic mass is 79.9. The van der Waals surface area contributed by atoms with Crippen LogP contribution in [0, 0.1) is 5.92 Å². The molecule has 1 unspecified atom stereocenters. The first-order valence-electron chi connectivity index (χ1n) is 8.27. The summed E-state index contributed by atoms with van der Waals surface area (Å²) in [6, 6.07) is 7.60. The van der Waals surface area contributed by atoms with Crippen LogP contribution in [-0.2, 0) is 14.3 Å². The van der Waals surface area contributed by atoms with Crippen LogP contribution in [0.25, 0.3) is 0 Å². The third-order valence-electron chi connectivity index (χ3n) is 4.45. The van der Waals surface area contributed by atoms with Gasteiger partial charge in [0.15, 0.2) is 0 Å². The molecule has 130 valence electrons. The van der Waals surface area contributed by atoms with Crippen LogP contribution in [0.5, 0.6) is 0 Å². The van der Waals surface area contributed by atoms with Gasteiger partial charge in [0.2, 0.25) is 11.8 Å². The molecule has 0 saturated carbocycles. The summed E-state index contributed by atoms with van der Waals surface area (Å²) >= 11 is 3.41. The van der Waals surface area contributed by atoms with Crippen molar-refractivity contribution in [2.45, 2.75) is 6.42 Å². The first kappa shape index (κ1) is 17.4. The van der Waals surface area contributed by atoms with Crippen LogP contribution in [0.3, 0.4) is 0 Å². The molecule has 2 aliphatic rings. The monoisotopic (exact) mass is 395 g/mol. The van der Waals surface area contributed by atoms with E-state index in [0.717, 1.165) is 43.0 Å². The smallest absolute Gasteiger partial charge is 0.227 e. The fourth-order valence-corrected chi connectivity index (χ4v) is 3.47. The maximum Gasteiger partial charge on any atom is 0.227 e. The molecule has 6 nitrogen and oxygen atoms in total. The first-order chi connectivity index (χ1) is 11.6. The zero-order valence-electron chi connectivity index (χ0n) is 13.5. The van der Waals surface area contributed by atoms with E-state index in [1.165, 1.54) is 0 Å². The van der Waals surface area contributed by atoms with Crippen molar-refractivity contribution in [3.05, 3.63) is 28.7 Å². The summed E-state index contributed by atoms with van der Waals surface area (Å²) in [7, 11) is 0. The Balaban J connectivity index is 1.48. The van der Waals surface area contributed by atoms with E-state index in [0.29, 0.717) is 13.1 Å². The molecule has 3 rings (SSSR count). The minimum Gasteiger partial charge on any atom is -0.379 e. The molecule has 2 aliphatic heterocycles. The van der Waals surface area contributed by atoms with Gasteiger partial charge in [-0.15, -0.1) is 0 Å². The lowest BCUT2D eigenvalue weighted by Gasteiger charge is -2.26. The van der Waals surface area contributed by atoms with Crippen molar-refractivity contribution in [3.8, 4) is 0 Å². The van der Waals surface area contributed by atoms with E-state index in [4.69, 9.17) is 4.74 Å². The Morgan fingerprint density at radius 1 is 1.33 bits per heavy atom. The summed E-state index contributed by atoms with van der Waals surface area (Å²) < 4.78 is 6.23. The van der Waals surface area contributed by atoms with Crippen molar-refractivity contribution in [3.63, 3.8) is 0 Å². The first-order valence-corrected chi connectivity index (χ1v) is 9.06. The van der Waals surface area contributed by atoms with Crippen molar-refractivity contribution in [1.29, 1.82) is 0 Å². The molecule has 0 aromatic heterocycles. The quantitative estimate of drug-likeness (QED) is 0.814.